The van der Waals surface area contributed by atoms with Gasteiger partial charge in [-0.2, -0.15) is 0 Å². The Bertz CT molecular complexity index is 1050. The molecule has 9 heteroatoms. The zero-order valence-electron chi connectivity index (χ0n) is 16.2. The first-order valence-corrected chi connectivity index (χ1v) is 9.96. The minimum Gasteiger partial charge on any atom is -0.451 e. The lowest BCUT2D eigenvalue weighted by Crippen LogP contribution is -2.25. The summed E-state index contributed by atoms with van der Waals surface area (Å²) in [5.74, 6) is -1.49. The van der Waals surface area contributed by atoms with Crippen LogP contribution in [-0.2, 0) is 14.8 Å². The number of esters is 1. The number of hydrogen-bond donors (Lipinski definition) is 2. The molecule has 150 valence electrons. The van der Waals surface area contributed by atoms with Gasteiger partial charge in [0.25, 0.3) is 0 Å². The first kappa shape index (κ1) is 21.5. The predicted octanol–water partition coefficient (Wildman–Crippen LogP) is 2.17. The van der Waals surface area contributed by atoms with Gasteiger partial charge in [0.05, 0.1) is 16.2 Å². The molecular formula is C19H22N2O6S. The number of Topliss-reactive ketones (excluding diaryl/α,β-unsaturated/α-hetero) is 2. The highest BCUT2D eigenvalue weighted by Crippen LogP contribution is 2.21. The second-order valence-corrected chi connectivity index (χ2v) is 8.21. The quantitative estimate of drug-likeness (QED) is 0.537. The van der Waals surface area contributed by atoms with Crippen molar-refractivity contribution in [2.24, 2.45) is 0 Å². The number of H-pyrrole nitrogens is 1. The molecule has 1 aromatic carbocycles. The van der Waals surface area contributed by atoms with Gasteiger partial charge in [0.1, 0.15) is 0 Å². The molecule has 0 saturated carbocycles. The van der Waals surface area contributed by atoms with Gasteiger partial charge >= 0.3 is 5.97 Å². The van der Waals surface area contributed by atoms with Crippen LogP contribution in [-0.4, -0.2) is 44.1 Å². The molecule has 2 rings (SSSR count). The summed E-state index contributed by atoms with van der Waals surface area (Å²) in [5, 5.41) is 0. The number of aryl methyl sites for hydroxylation is 1. The van der Waals surface area contributed by atoms with Crippen LogP contribution in [0.25, 0.3) is 0 Å². The third kappa shape index (κ3) is 4.20. The van der Waals surface area contributed by atoms with Gasteiger partial charge in [0.15, 0.2) is 11.9 Å². The number of rotatable bonds is 7. The van der Waals surface area contributed by atoms with E-state index in [0.29, 0.717) is 16.8 Å². The van der Waals surface area contributed by atoms with E-state index in [9.17, 15) is 22.8 Å². The lowest BCUT2D eigenvalue weighted by molar-refractivity contribution is 0.0316. The van der Waals surface area contributed by atoms with Gasteiger partial charge in [-0.05, 0) is 58.5 Å². The predicted molar refractivity (Wildman–Crippen MR) is 102 cm³/mol. The summed E-state index contributed by atoms with van der Waals surface area (Å²) in [7, 11) is -2.46. The highest BCUT2D eigenvalue weighted by molar-refractivity contribution is 7.89. The zero-order chi connectivity index (χ0) is 21.2. The highest BCUT2D eigenvalue weighted by atomic mass is 32.2. The largest absolute Gasteiger partial charge is 0.451 e. The summed E-state index contributed by atoms with van der Waals surface area (Å²) >= 11 is 0. The molecule has 0 aliphatic heterocycles. The number of sulfonamides is 1. The Morgan fingerprint density at radius 2 is 1.82 bits per heavy atom. The van der Waals surface area contributed by atoms with Gasteiger partial charge in [0, 0.05) is 11.3 Å². The average molecular weight is 406 g/mol. The number of ketones is 2. The smallest absolute Gasteiger partial charge is 0.338 e. The number of hydrogen-bond acceptors (Lipinski definition) is 6. The van der Waals surface area contributed by atoms with Crippen molar-refractivity contribution in [2.75, 3.05) is 7.05 Å². The first-order valence-electron chi connectivity index (χ1n) is 8.48. The Kier molecular flexibility index (Phi) is 6.20. The molecule has 0 aliphatic carbocycles. The molecule has 0 spiro atoms. The van der Waals surface area contributed by atoms with Crippen LogP contribution < -0.4 is 4.72 Å². The summed E-state index contributed by atoms with van der Waals surface area (Å²) in [4.78, 5) is 39.5. The molecule has 0 radical (unpaired) electrons. The maximum atomic E-state index is 12.7. The first-order chi connectivity index (χ1) is 13.0. The van der Waals surface area contributed by atoms with E-state index in [-0.39, 0.29) is 21.9 Å². The lowest BCUT2D eigenvalue weighted by Gasteiger charge is -2.13. The SMILES string of the molecule is CNS(=O)(=O)c1cccc(C(=O)OC(C)C(=O)c2[nH]c(C)c(C(C)=O)c2C)c1. The standard InChI is InChI=1S/C19H22N2O6S/c1-10-16(12(3)22)11(2)21-17(10)18(23)13(4)27-19(24)14-7-6-8-15(9-14)28(25,26)20-5/h6-9,13,20-21H,1-5H3. The van der Waals surface area contributed by atoms with Crippen LogP contribution in [0.4, 0.5) is 0 Å². The fourth-order valence-electron chi connectivity index (χ4n) is 2.92. The van der Waals surface area contributed by atoms with Gasteiger partial charge in [-0.3, -0.25) is 9.59 Å². The Morgan fingerprint density at radius 1 is 1.18 bits per heavy atom. The van der Waals surface area contributed by atoms with Crippen LogP contribution in [0.5, 0.6) is 0 Å². The van der Waals surface area contributed by atoms with Crippen molar-refractivity contribution < 1.29 is 27.5 Å². The Labute approximate surface area is 163 Å². The fraction of sp³-hybridized carbons (Fsp3) is 0.316. The van der Waals surface area contributed by atoms with E-state index in [2.05, 4.69) is 9.71 Å². The van der Waals surface area contributed by atoms with Crippen LogP contribution in [0, 0.1) is 13.8 Å². The molecule has 0 fully saturated rings. The van der Waals surface area contributed by atoms with E-state index in [1.54, 1.807) is 13.8 Å². The summed E-state index contributed by atoms with van der Waals surface area (Å²) < 4.78 is 31.1. The Balaban J connectivity index is 2.24. The van der Waals surface area contributed by atoms with E-state index in [4.69, 9.17) is 4.74 Å². The molecule has 2 N–H and O–H groups in total. The van der Waals surface area contributed by atoms with Crippen LogP contribution in [0.15, 0.2) is 29.2 Å². The summed E-state index contributed by atoms with van der Waals surface area (Å²) in [6.07, 6.45) is -1.13. The second-order valence-electron chi connectivity index (χ2n) is 6.33. The number of aromatic nitrogens is 1. The number of benzene rings is 1. The van der Waals surface area contributed by atoms with E-state index in [0.717, 1.165) is 0 Å². The number of carbonyl (C=O) groups is 3. The molecule has 28 heavy (non-hydrogen) atoms. The van der Waals surface area contributed by atoms with E-state index >= 15 is 0 Å². The summed E-state index contributed by atoms with van der Waals surface area (Å²) in [6, 6.07) is 5.31. The molecular weight excluding hydrogens is 384 g/mol. The number of aromatic amines is 1. The molecule has 1 unspecified atom stereocenters. The molecule has 2 aromatic rings. The number of nitrogens with one attached hydrogen (secondary N) is 2. The minimum absolute atomic E-state index is 0.000196. The van der Waals surface area contributed by atoms with Crippen molar-refractivity contribution in [3.63, 3.8) is 0 Å². The Morgan fingerprint density at radius 3 is 2.36 bits per heavy atom. The molecule has 0 aliphatic rings. The van der Waals surface area contributed by atoms with Crippen LogP contribution in [0.1, 0.15) is 56.3 Å². The van der Waals surface area contributed by atoms with Crippen LogP contribution in [0.2, 0.25) is 0 Å². The van der Waals surface area contributed by atoms with Crippen molar-refractivity contribution in [1.82, 2.24) is 9.71 Å². The number of carbonyl (C=O) groups excluding carboxylic acids is 3. The van der Waals surface area contributed by atoms with Gasteiger partial charge in [-0.1, -0.05) is 6.07 Å². The van der Waals surface area contributed by atoms with Crippen molar-refractivity contribution in [1.29, 1.82) is 0 Å². The highest BCUT2D eigenvalue weighted by Gasteiger charge is 2.26. The molecule has 1 aromatic heterocycles. The molecule has 1 atom stereocenters. The monoisotopic (exact) mass is 406 g/mol. The third-order valence-electron chi connectivity index (χ3n) is 4.34. The van der Waals surface area contributed by atoms with Gasteiger partial charge in [-0.15, -0.1) is 0 Å². The summed E-state index contributed by atoms with van der Waals surface area (Å²) in [6.45, 7) is 6.16. The zero-order valence-corrected chi connectivity index (χ0v) is 17.1. The lowest BCUT2D eigenvalue weighted by atomic mass is 10.0. The average Bonchev–Trinajstić information content (AvgIpc) is 2.95. The van der Waals surface area contributed by atoms with Gasteiger partial charge in [0.2, 0.25) is 15.8 Å². The van der Waals surface area contributed by atoms with E-state index in [1.807, 2.05) is 0 Å². The second kappa shape index (κ2) is 8.07. The summed E-state index contributed by atoms with van der Waals surface area (Å²) in [5.41, 5.74) is 1.71. The van der Waals surface area contributed by atoms with Crippen molar-refractivity contribution in [3.8, 4) is 0 Å². The van der Waals surface area contributed by atoms with Gasteiger partial charge < -0.3 is 9.72 Å². The van der Waals surface area contributed by atoms with E-state index < -0.39 is 27.9 Å². The molecule has 0 saturated heterocycles. The number of ether oxygens (including phenoxy) is 1. The molecule has 1 heterocycles. The van der Waals surface area contributed by atoms with Crippen LogP contribution >= 0.6 is 0 Å². The maximum Gasteiger partial charge on any atom is 0.338 e. The Hall–Kier alpha value is -2.78. The van der Waals surface area contributed by atoms with Crippen molar-refractivity contribution >= 4 is 27.6 Å². The molecule has 8 nitrogen and oxygen atoms in total. The van der Waals surface area contributed by atoms with E-state index in [1.165, 1.54) is 45.2 Å². The van der Waals surface area contributed by atoms with Crippen LogP contribution in [0.3, 0.4) is 0 Å². The molecule has 0 bridgehead atoms. The fourth-order valence-corrected chi connectivity index (χ4v) is 3.69. The maximum absolute atomic E-state index is 12.7. The van der Waals surface area contributed by atoms with Crippen molar-refractivity contribution in [3.05, 3.63) is 52.3 Å². The van der Waals surface area contributed by atoms with Crippen molar-refractivity contribution in [2.45, 2.75) is 38.7 Å². The molecule has 0 amide bonds. The topological polar surface area (TPSA) is 122 Å². The third-order valence-corrected chi connectivity index (χ3v) is 5.75. The minimum atomic E-state index is -3.72. The normalized spacial score (nSPS) is 12.5. The van der Waals surface area contributed by atoms with Gasteiger partial charge in [-0.25, -0.2) is 17.9 Å².